The normalized spacial score (nSPS) is 14.8. The molecule has 1 aromatic rings. The minimum atomic E-state index is -0.633. The maximum atomic E-state index is 12.1. The SMILES string of the molecule is COc1c(Cl)ccc(C(=O)OC2=CC(=O)CCC2)c1Cl. The van der Waals surface area contributed by atoms with Crippen molar-refractivity contribution in [3.8, 4) is 5.75 Å². The Kier molecular flexibility index (Phi) is 4.68. The molecule has 1 aliphatic carbocycles. The van der Waals surface area contributed by atoms with Crippen LogP contribution in [0.4, 0.5) is 0 Å². The molecule has 1 aliphatic rings. The number of ether oxygens (including phenoxy) is 2. The van der Waals surface area contributed by atoms with Crippen LogP contribution < -0.4 is 4.74 Å². The van der Waals surface area contributed by atoms with Crippen molar-refractivity contribution in [2.75, 3.05) is 7.11 Å². The van der Waals surface area contributed by atoms with Gasteiger partial charge in [-0.25, -0.2) is 4.79 Å². The van der Waals surface area contributed by atoms with Crippen molar-refractivity contribution in [3.05, 3.63) is 39.6 Å². The number of halogens is 2. The molecule has 2 rings (SSSR count). The number of carbonyl (C=O) groups excluding carboxylic acids is 2. The summed E-state index contributed by atoms with van der Waals surface area (Å²) >= 11 is 12.0. The molecule has 4 nitrogen and oxygen atoms in total. The Balaban J connectivity index is 2.24. The first kappa shape index (κ1) is 14.9. The van der Waals surface area contributed by atoms with Gasteiger partial charge in [0.25, 0.3) is 0 Å². The zero-order valence-electron chi connectivity index (χ0n) is 10.7. The van der Waals surface area contributed by atoms with E-state index in [2.05, 4.69) is 0 Å². The van der Waals surface area contributed by atoms with E-state index < -0.39 is 5.97 Å². The lowest BCUT2D eigenvalue weighted by molar-refractivity contribution is -0.115. The van der Waals surface area contributed by atoms with E-state index in [1.165, 1.54) is 25.3 Å². The van der Waals surface area contributed by atoms with E-state index in [4.69, 9.17) is 32.7 Å². The Morgan fingerprint density at radius 3 is 2.65 bits per heavy atom. The fourth-order valence-electron chi connectivity index (χ4n) is 1.89. The number of rotatable bonds is 3. The van der Waals surface area contributed by atoms with Crippen molar-refractivity contribution in [2.45, 2.75) is 19.3 Å². The van der Waals surface area contributed by atoms with Crippen molar-refractivity contribution >= 4 is 35.0 Å². The van der Waals surface area contributed by atoms with Crippen LogP contribution in [0.25, 0.3) is 0 Å². The molecule has 1 aromatic carbocycles. The molecule has 20 heavy (non-hydrogen) atoms. The number of allylic oxidation sites excluding steroid dienone is 2. The van der Waals surface area contributed by atoms with Crippen LogP contribution in [0.1, 0.15) is 29.6 Å². The lowest BCUT2D eigenvalue weighted by atomic mass is 10.1. The van der Waals surface area contributed by atoms with Crippen LogP contribution in [-0.4, -0.2) is 18.9 Å². The van der Waals surface area contributed by atoms with E-state index in [1.807, 2.05) is 0 Å². The van der Waals surface area contributed by atoms with Crippen LogP contribution in [-0.2, 0) is 9.53 Å². The molecule has 0 aliphatic heterocycles. The molecule has 0 radical (unpaired) electrons. The smallest absolute Gasteiger partial charge is 0.344 e. The molecule has 6 heteroatoms. The molecule has 0 unspecified atom stereocenters. The summed E-state index contributed by atoms with van der Waals surface area (Å²) in [6, 6.07) is 2.96. The fraction of sp³-hybridized carbons (Fsp3) is 0.286. The highest BCUT2D eigenvalue weighted by Crippen LogP contribution is 2.36. The largest absolute Gasteiger partial charge is 0.494 e. The first-order valence-electron chi connectivity index (χ1n) is 6.00. The number of esters is 1. The molecular weight excluding hydrogens is 303 g/mol. The van der Waals surface area contributed by atoms with Gasteiger partial charge >= 0.3 is 5.97 Å². The van der Waals surface area contributed by atoms with Gasteiger partial charge < -0.3 is 9.47 Å². The van der Waals surface area contributed by atoms with Gasteiger partial charge in [-0.05, 0) is 18.6 Å². The quantitative estimate of drug-likeness (QED) is 0.796. The third-order valence-electron chi connectivity index (χ3n) is 2.87. The van der Waals surface area contributed by atoms with Crippen molar-refractivity contribution in [2.24, 2.45) is 0 Å². The highest BCUT2D eigenvalue weighted by atomic mass is 35.5. The predicted molar refractivity (Wildman–Crippen MR) is 75.4 cm³/mol. The standard InChI is InChI=1S/C14H12Cl2O4/c1-19-13-11(15)6-5-10(12(13)16)14(18)20-9-4-2-3-8(17)7-9/h5-7H,2-4H2,1H3. The maximum Gasteiger partial charge on any atom is 0.344 e. The van der Waals surface area contributed by atoms with Crippen LogP contribution in [0.3, 0.4) is 0 Å². The third kappa shape index (κ3) is 3.14. The molecule has 0 N–H and O–H groups in total. The van der Waals surface area contributed by atoms with E-state index in [0.29, 0.717) is 30.0 Å². The number of hydrogen-bond donors (Lipinski definition) is 0. The van der Waals surface area contributed by atoms with E-state index in [-0.39, 0.29) is 22.1 Å². The van der Waals surface area contributed by atoms with Crippen molar-refractivity contribution in [1.82, 2.24) is 0 Å². The summed E-state index contributed by atoms with van der Waals surface area (Å²) in [6.45, 7) is 0. The minimum Gasteiger partial charge on any atom is -0.494 e. The second kappa shape index (κ2) is 6.29. The molecule has 0 fully saturated rings. The zero-order chi connectivity index (χ0) is 14.7. The molecule has 106 valence electrons. The average Bonchev–Trinajstić information content (AvgIpc) is 2.39. The molecule has 0 spiro atoms. The summed E-state index contributed by atoms with van der Waals surface area (Å²) < 4.78 is 10.2. The topological polar surface area (TPSA) is 52.6 Å². The zero-order valence-corrected chi connectivity index (χ0v) is 12.3. The van der Waals surface area contributed by atoms with Gasteiger partial charge in [0.05, 0.1) is 22.7 Å². The van der Waals surface area contributed by atoms with E-state index in [1.54, 1.807) is 0 Å². The van der Waals surface area contributed by atoms with Crippen LogP contribution in [0.2, 0.25) is 10.0 Å². The van der Waals surface area contributed by atoms with Crippen LogP contribution >= 0.6 is 23.2 Å². The van der Waals surface area contributed by atoms with Gasteiger partial charge in [-0.2, -0.15) is 0 Å². The molecule has 0 bridgehead atoms. The van der Waals surface area contributed by atoms with Crippen LogP contribution in [0.5, 0.6) is 5.75 Å². The Morgan fingerprint density at radius 1 is 1.25 bits per heavy atom. The van der Waals surface area contributed by atoms with Crippen molar-refractivity contribution in [3.63, 3.8) is 0 Å². The van der Waals surface area contributed by atoms with Crippen LogP contribution in [0.15, 0.2) is 24.0 Å². The molecule has 0 aromatic heterocycles. The Labute approximate surface area is 126 Å². The van der Waals surface area contributed by atoms with Gasteiger partial charge in [0.1, 0.15) is 5.76 Å². The summed E-state index contributed by atoms with van der Waals surface area (Å²) in [5.41, 5.74) is 0.145. The van der Waals surface area contributed by atoms with Gasteiger partial charge in [0, 0.05) is 18.9 Å². The summed E-state index contributed by atoms with van der Waals surface area (Å²) in [6.07, 6.45) is 3.06. The summed E-state index contributed by atoms with van der Waals surface area (Å²) in [5.74, 6) is -0.0996. The van der Waals surface area contributed by atoms with Gasteiger partial charge in [-0.15, -0.1) is 0 Å². The lowest BCUT2D eigenvalue weighted by Gasteiger charge is -2.14. The maximum absolute atomic E-state index is 12.1. The lowest BCUT2D eigenvalue weighted by Crippen LogP contribution is -2.11. The number of benzene rings is 1. The van der Waals surface area contributed by atoms with Gasteiger partial charge in [0.2, 0.25) is 0 Å². The van der Waals surface area contributed by atoms with Gasteiger partial charge in [0.15, 0.2) is 11.5 Å². The monoisotopic (exact) mass is 314 g/mol. The first-order valence-corrected chi connectivity index (χ1v) is 6.76. The van der Waals surface area contributed by atoms with E-state index in [9.17, 15) is 9.59 Å². The fourth-order valence-corrected chi connectivity index (χ4v) is 2.49. The molecule has 0 heterocycles. The van der Waals surface area contributed by atoms with Crippen molar-refractivity contribution in [1.29, 1.82) is 0 Å². The number of ketones is 1. The number of hydrogen-bond acceptors (Lipinski definition) is 4. The predicted octanol–water partition coefficient (Wildman–Crippen LogP) is 3.80. The summed E-state index contributed by atoms with van der Waals surface area (Å²) in [7, 11) is 1.41. The second-order valence-corrected chi connectivity index (χ2v) is 5.05. The Morgan fingerprint density at radius 2 is 2.00 bits per heavy atom. The average molecular weight is 315 g/mol. The third-order valence-corrected chi connectivity index (χ3v) is 3.54. The van der Waals surface area contributed by atoms with Gasteiger partial charge in [-0.1, -0.05) is 23.2 Å². The highest BCUT2D eigenvalue weighted by molar-refractivity contribution is 6.39. The van der Waals surface area contributed by atoms with Crippen molar-refractivity contribution < 1.29 is 19.1 Å². The summed E-state index contributed by atoms with van der Waals surface area (Å²) in [5, 5.41) is 0.397. The van der Waals surface area contributed by atoms with Crippen LogP contribution in [0, 0.1) is 0 Å². The van der Waals surface area contributed by atoms with E-state index >= 15 is 0 Å². The molecule has 0 saturated carbocycles. The number of carbonyl (C=O) groups is 2. The summed E-state index contributed by atoms with van der Waals surface area (Å²) in [4.78, 5) is 23.3. The molecular formula is C14H12Cl2O4. The Hall–Kier alpha value is -1.52. The Bertz CT molecular complexity index is 593. The molecule has 0 amide bonds. The number of methoxy groups -OCH3 is 1. The minimum absolute atomic E-state index is 0.0427. The van der Waals surface area contributed by atoms with Gasteiger partial charge in [-0.3, -0.25) is 4.79 Å². The van der Waals surface area contributed by atoms with E-state index in [0.717, 1.165) is 0 Å². The molecule has 0 atom stereocenters. The first-order chi connectivity index (χ1) is 9.52. The second-order valence-electron chi connectivity index (χ2n) is 4.26. The highest BCUT2D eigenvalue weighted by Gasteiger charge is 2.21. The molecule has 0 saturated heterocycles.